The number of benzene rings is 2. The van der Waals surface area contributed by atoms with Gasteiger partial charge in [0, 0.05) is 66.7 Å². The van der Waals surface area contributed by atoms with Crippen LogP contribution >= 0.6 is 11.6 Å². The molecule has 0 aliphatic rings. The number of esters is 1. The van der Waals surface area contributed by atoms with Gasteiger partial charge in [-0.25, -0.2) is 9.59 Å². The van der Waals surface area contributed by atoms with Crippen LogP contribution in [-0.2, 0) is 47.9 Å². The Morgan fingerprint density at radius 2 is 1.47 bits per heavy atom. The van der Waals surface area contributed by atoms with E-state index in [0.717, 1.165) is 5.56 Å². The molecule has 2 heterocycles. The number of aromatic amines is 1. The molecule has 15 heteroatoms. The van der Waals surface area contributed by atoms with E-state index >= 15 is 0 Å². The van der Waals surface area contributed by atoms with Gasteiger partial charge < -0.3 is 40.8 Å². The Morgan fingerprint density at radius 3 is 2.13 bits per heavy atom. The molecular formula is C38H45ClN6O8. The van der Waals surface area contributed by atoms with Gasteiger partial charge in [-0.1, -0.05) is 23.7 Å². The zero-order valence-electron chi connectivity index (χ0n) is 30.0. The molecule has 0 aliphatic heterocycles. The van der Waals surface area contributed by atoms with Crippen LogP contribution in [0.3, 0.4) is 0 Å². The first-order chi connectivity index (χ1) is 25.2. The third kappa shape index (κ3) is 12.8. The largest absolute Gasteiger partial charge is 0.508 e. The fraction of sp³-hybridized carbons (Fsp3) is 0.368. The summed E-state index contributed by atoms with van der Waals surface area (Å²) < 4.78 is 10.2. The summed E-state index contributed by atoms with van der Waals surface area (Å²) in [6, 6.07) is 11.5. The summed E-state index contributed by atoms with van der Waals surface area (Å²) in [5.74, 6) is -2.46. The van der Waals surface area contributed by atoms with Gasteiger partial charge in [0.25, 0.3) is 0 Å². The summed E-state index contributed by atoms with van der Waals surface area (Å²) in [7, 11) is 1.21. The van der Waals surface area contributed by atoms with Crippen LogP contribution in [0.2, 0.25) is 5.02 Å². The van der Waals surface area contributed by atoms with Crippen molar-refractivity contribution in [1.82, 2.24) is 31.2 Å². The van der Waals surface area contributed by atoms with Crippen molar-refractivity contribution < 1.29 is 38.6 Å². The van der Waals surface area contributed by atoms with Crippen LogP contribution in [0.15, 0.2) is 73.2 Å². The number of aromatic nitrogens is 2. The van der Waals surface area contributed by atoms with E-state index in [9.17, 15) is 29.1 Å². The van der Waals surface area contributed by atoms with Crippen molar-refractivity contribution in [3.63, 3.8) is 0 Å². The first-order valence-electron chi connectivity index (χ1n) is 17.1. The highest BCUT2D eigenvalue weighted by Crippen LogP contribution is 2.24. The van der Waals surface area contributed by atoms with E-state index in [1.165, 1.54) is 13.2 Å². The van der Waals surface area contributed by atoms with Crippen LogP contribution in [0.25, 0.3) is 10.9 Å². The molecule has 282 valence electrons. The average Bonchev–Trinajstić information content (AvgIpc) is 3.50. The number of fused-ring (bicyclic) bond motifs is 1. The molecule has 0 saturated heterocycles. The maximum absolute atomic E-state index is 14.1. The van der Waals surface area contributed by atoms with Gasteiger partial charge in [-0.15, -0.1) is 0 Å². The van der Waals surface area contributed by atoms with E-state index < -0.39 is 53.5 Å². The summed E-state index contributed by atoms with van der Waals surface area (Å²) in [6.45, 7) is 5.38. The Kier molecular flexibility index (Phi) is 14.2. The van der Waals surface area contributed by atoms with Crippen molar-refractivity contribution >= 4 is 52.3 Å². The van der Waals surface area contributed by atoms with Crippen LogP contribution in [0, 0.1) is 0 Å². The van der Waals surface area contributed by atoms with E-state index in [4.69, 9.17) is 21.1 Å². The second-order valence-corrected chi connectivity index (χ2v) is 13.9. The number of halogens is 1. The number of pyridine rings is 1. The molecular weight excluding hydrogens is 704 g/mol. The van der Waals surface area contributed by atoms with Gasteiger partial charge in [-0.2, -0.15) is 0 Å². The van der Waals surface area contributed by atoms with Gasteiger partial charge in [0.05, 0.1) is 7.11 Å². The molecule has 53 heavy (non-hydrogen) atoms. The summed E-state index contributed by atoms with van der Waals surface area (Å²) in [5.41, 5.74) is 2.06. The lowest BCUT2D eigenvalue weighted by Crippen LogP contribution is -2.57. The molecule has 2 aromatic carbocycles. The van der Waals surface area contributed by atoms with Crippen molar-refractivity contribution in [3.8, 4) is 5.75 Å². The lowest BCUT2D eigenvalue weighted by Gasteiger charge is -2.25. The maximum atomic E-state index is 14.1. The lowest BCUT2D eigenvalue weighted by molar-refractivity contribution is -0.145. The molecule has 0 bridgehead atoms. The van der Waals surface area contributed by atoms with Gasteiger partial charge in [-0.05, 0) is 86.3 Å². The minimum absolute atomic E-state index is 0.000697. The van der Waals surface area contributed by atoms with Crippen molar-refractivity contribution in [2.75, 3.05) is 13.7 Å². The van der Waals surface area contributed by atoms with E-state index in [-0.39, 0.29) is 44.4 Å². The summed E-state index contributed by atoms with van der Waals surface area (Å²) in [4.78, 5) is 73.2. The molecule has 2 aromatic heterocycles. The number of ether oxygens (including phenoxy) is 2. The minimum Gasteiger partial charge on any atom is -0.508 e. The highest BCUT2D eigenvalue weighted by Gasteiger charge is 2.31. The summed E-state index contributed by atoms with van der Waals surface area (Å²) in [5, 5.41) is 22.2. The quantitative estimate of drug-likeness (QED) is 0.0727. The smallest absolute Gasteiger partial charge is 0.407 e. The van der Waals surface area contributed by atoms with Gasteiger partial charge >= 0.3 is 12.1 Å². The van der Waals surface area contributed by atoms with Crippen LogP contribution in [0.1, 0.15) is 50.3 Å². The average molecular weight is 749 g/mol. The van der Waals surface area contributed by atoms with E-state index in [0.29, 0.717) is 27.1 Å². The number of H-pyrrole nitrogens is 1. The Morgan fingerprint density at radius 1 is 0.849 bits per heavy atom. The van der Waals surface area contributed by atoms with Crippen LogP contribution in [0.4, 0.5) is 4.79 Å². The number of nitrogens with one attached hydrogen (secondary N) is 5. The number of alkyl carbamates (subject to hydrolysis) is 1. The van der Waals surface area contributed by atoms with Crippen molar-refractivity contribution in [3.05, 3.63) is 94.9 Å². The first-order valence-corrected chi connectivity index (χ1v) is 17.5. The molecule has 6 N–H and O–H groups in total. The topological polar surface area (TPSA) is 201 Å². The van der Waals surface area contributed by atoms with Gasteiger partial charge in [0.2, 0.25) is 17.7 Å². The van der Waals surface area contributed by atoms with E-state index in [1.807, 2.05) is 0 Å². The van der Waals surface area contributed by atoms with E-state index in [1.54, 1.807) is 87.9 Å². The third-order valence-electron chi connectivity index (χ3n) is 8.05. The Balaban J connectivity index is 1.56. The standard InChI is InChI=1S/C38H45ClN6O8/c1-38(2,3)53-37(51)41-15-5-6-33(47)43-31(20-25-22-42-29-12-11-27(46)21-28(25)29)35(49)44-30(18-23-7-9-26(39)10-8-23)34(48)45-32(36(50)52-4)19-24-13-16-40-17-14-24/h7-14,16-17,21-22,30-32,42,46H,5-6,15,18-20H2,1-4H3,(H,41,51)(H,43,47)(H,44,49)(H,45,48)/t30-,31-,32-/m0/s1. The lowest BCUT2D eigenvalue weighted by atomic mass is 10.0. The predicted octanol–water partition coefficient (Wildman–Crippen LogP) is 3.88. The van der Waals surface area contributed by atoms with Gasteiger partial charge in [-0.3, -0.25) is 19.4 Å². The number of phenols is 1. The fourth-order valence-electron chi connectivity index (χ4n) is 5.48. The number of amides is 4. The van der Waals surface area contributed by atoms with Crippen molar-refractivity contribution in [2.45, 2.75) is 76.6 Å². The van der Waals surface area contributed by atoms with Crippen LogP contribution in [0.5, 0.6) is 5.75 Å². The summed E-state index contributed by atoms with van der Waals surface area (Å²) >= 11 is 6.10. The Bertz CT molecular complexity index is 1880. The molecule has 0 spiro atoms. The van der Waals surface area contributed by atoms with Crippen LogP contribution in [-0.4, -0.2) is 82.2 Å². The highest BCUT2D eigenvalue weighted by atomic mass is 35.5. The molecule has 0 aliphatic carbocycles. The number of rotatable bonds is 16. The molecule has 0 saturated carbocycles. The van der Waals surface area contributed by atoms with Crippen LogP contribution < -0.4 is 21.3 Å². The molecule has 14 nitrogen and oxygen atoms in total. The second-order valence-electron chi connectivity index (χ2n) is 13.4. The molecule has 0 fully saturated rings. The first kappa shape index (κ1) is 40.1. The molecule has 0 unspecified atom stereocenters. The second kappa shape index (κ2) is 18.7. The van der Waals surface area contributed by atoms with E-state index in [2.05, 4.69) is 31.2 Å². The number of carbonyl (C=O) groups excluding carboxylic acids is 5. The number of hydrogen-bond donors (Lipinski definition) is 6. The maximum Gasteiger partial charge on any atom is 0.407 e. The number of phenolic OH excluding ortho intramolecular Hbond substituents is 1. The fourth-order valence-corrected chi connectivity index (χ4v) is 5.61. The molecule has 4 rings (SSSR count). The van der Waals surface area contributed by atoms with Crippen molar-refractivity contribution in [2.24, 2.45) is 0 Å². The number of aromatic hydroxyl groups is 1. The monoisotopic (exact) mass is 748 g/mol. The molecule has 4 amide bonds. The highest BCUT2D eigenvalue weighted by molar-refractivity contribution is 6.30. The number of nitrogens with zero attached hydrogens (tertiary/aromatic N) is 1. The Hall–Kier alpha value is -5.63. The SMILES string of the molecule is COC(=O)[C@H](Cc1ccncc1)NC(=O)[C@H](Cc1ccc(Cl)cc1)NC(=O)[C@H](Cc1c[nH]c2ccc(O)cc12)NC(=O)CCCNC(=O)OC(C)(C)C. The Labute approximate surface area is 312 Å². The number of carbonyl (C=O) groups is 5. The van der Waals surface area contributed by atoms with Gasteiger partial charge in [0.15, 0.2) is 0 Å². The van der Waals surface area contributed by atoms with Gasteiger partial charge in [0.1, 0.15) is 29.5 Å². The zero-order valence-corrected chi connectivity index (χ0v) is 30.8. The molecule has 4 aromatic rings. The number of hydrogen-bond acceptors (Lipinski definition) is 9. The molecule has 3 atom stereocenters. The minimum atomic E-state index is -1.20. The summed E-state index contributed by atoms with van der Waals surface area (Å²) in [6.07, 6.45) is 4.56. The third-order valence-corrected chi connectivity index (χ3v) is 8.31. The molecule has 0 radical (unpaired) electrons. The number of methoxy groups -OCH3 is 1. The predicted molar refractivity (Wildman–Crippen MR) is 198 cm³/mol. The zero-order chi connectivity index (χ0) is 38.5. The van der Waals surface area contributed by atoms with Crippen molar-refractivity contribution in [1.29, 1.82) is 0 Å². The normalized spacial score (nSPS) is 12.9.